The highest BCUT2D eigenvalue weighted by Gasteiger charge is 2.38. The van der Waals surface area contributed by atoms with E-state index >= 15 is 0 Å². The van der Waals surface area contributed by atoms with E-state index in [1.54, 1.807) is 0 Å². The molecule has 164 valence electrons. The van der Waals surface area contributed by atoms with Crippen LogP contribution in [-0.4, -0.2) is 33.2 Å². The Labute approximate surface area is 181 Å². The van der Waals surface area contributed by atoms with Gasteiger partial charge in [-0.2, -0.15) is 0 Å². The van der Waals surface area contributed by atoms with E-state index in [1.165, 1.54) is 29.1 Å². The number of fused-ring (bicyclic) bond motifs is 1. The van der Waals surface area contributed by atoms with Crippen LogP contribution in [0.3, 0.4) is 0 Å². The van der Waals surface area contributed by atoms with Crippen LogP contribution in [0.15, 0.2) is 5.38 Å². The first kappa shape index (κ1) is 22.6. The standard InChI is InChI=1S/C19H22F2N2OS2.CH2O3/c1-11-10-25-17(22-11)15-13-7-8-19(20,21)9-14(13)26-18(15)23-16(24)12-5-3-2-4-6-12;2-1(3)4/h10,12H,2-9H2,1H3,(H,23,24);(H2,2,3,4). The second kappa shape index (κ2) is 9.38. The summed E-state index contributed by atoms with van der Waals surface area (Å²) in [6.45, 7) is 1.92. The zero-order valence-corrected chi connectivity index (χ0v) is 18.2. The molecule has 0 radical (unpaired) electrons. The minimum atomic E-state index is -2.65. The van der Waals surface area contributed by atoms with Crippen molar-refractivity contribution in [3.05, 3.63) is 21.5 Å². The van der Waals surface area contributed by atoms with E-state index in [1.807, 2.05) is 12.3 Å². The highest BCUT2D eigenvalue weighted by molar-refractivity contribution is 7.18. The number of thiazole rings is 1. The molecule has 0 unspecified atom stereocenters. The first-order valence-corrected chi connectivity index (χ1v) is 11.5. The molecule has 2 aromatic heterocycles. The zero-order valence-electron chi connectivity index (χ0n) is 16.5. The fourth-order valence-electron chi connectivity index (χ4n) is 3.91. The van der Waals surface area contributed by atoms with Crippen molar-refractivity contribution in [1.82, 2.24) is 4.98 Å². The number of thiophene rings is 1. The molecular weight excluding hydrogens is 434 g/mol. The Kier molecular flexibility index (Phi) is 7.07. The molecule has 4 rings (SSSR count). The number of anilines is 1. The number of amides is 1. The maximum Gasteiger partial charge on any atom is 0.503 e. The van der Waals surface area contributed by atoms with Gasteiger partial charge in [0.1, 0.15) is 10.0 Å². The topological polar surface area (TPSA) is 99.5 Å². The molecule has 0 bridgehead atoms. The van der Waals surface area contributed by atoms with Gasteiger partial charge in [0.15, 0.2) is 0 Å². The number of halogens is 2. The fraction of sp³-hybridized carbons (Fsp3) is 0.550. The Morgan fingerprint density at radius 3 is 2.50 bits per heavy atom. The summed E-state index contributed by atoms with van der Waals surface area (Å²) in [6, 6.07) is 0. The van der Waals surface area contributed by atoms with Crippen molar-refractivity contribution in [2.75, 3.05) is 5.32 Å². The van der Waals surface area contributed by atoms with E-state index in [0.717, 1.165) is 47.5 Å². The molecule has 2 aliphatic rings. The molecule has 0 aliphatic heterocycles. The molecule has 0 spiro atoms. The first-order chi connectivity index (χ1) is 14.2. The molecule has 0 atom stereocenters. The number of alkyl halides is 2. The molecule has 6 nitrogen and oxygen atoms in total. The van der Waals surface area contributed by atoms with Crippen molar-refractivity contribution < 1.29 is 28.6 Å². The van der Waals surface area contributed by atoms with Gasteiger partial charge in [-0.25, -0.2) is 18.6 Å². The predicted octanol–water partition coefficient (Wildman–Crippen LogP) is 6.05. The van der Waals surface area contributed by atoms with Gasteiger partial charge < -0.3 is 15.5 Å². The molecule has 2 heterocycles. The number of carbonyl (C=O) groups excluding carboxylic acids is 1. The largest absolute Gasteiger partial charge is 0.503 e. The number of carboxylic acid groups (broad SMARTS) is 2. The van der Waals surface area contributed by atoms with Gasteiger partial charge in [0.2, 0.25) is 5.91 Å². The van der Waals surface area contributed by atoms with Gasteiger partial charge in [-0.05, 0) is 31.7 Å². The lowest BCUT2D eigenvalue weighted by molar-refractivity contribution is -0.120. The Balaban J connectivity index is 0.000000589. The van der Waals surface area contributed by atoms with Crippen molar-refractivity contribution in [2.45, 2.75) is 64.2 Å². The number of carbonyl (C=O) groups is 2. The molecule has 2 aliphatic carbocycles. The average molecular weight is 459 g/mol. The Bertz CT molecular complexity index is 916. The van der Waals surface area contributed by atoms with Crippen LogP contribution in [0, 0.1) is 12.8 Å². The summed E-state index contributed by atoms with van der Waals surface area (Å²) in [7, 11) is 0. The summed E-state index contributed by atoms with van der Waals surface area (Å²) in [5, 5.41) is 20.5. The predicted molar refractivity (Wildman–Crippen MR) is 113 cm³/mol. The fourth-order valence-corrected chi connectivity index (χ4v) is 6.18. The van der Waals surface area contributed by atoms with Crippen LogP contribution in [0.5, 0.6) is 0 Å². The molecule has 0 saturated heterocycles. The molecular formula is C20H24F2N2O4S2. The van der Waals surface area contributed by atoms with Gasteiger partial charge in [0, 0.05) is 40.3 Å². The number of hydrogen-bond donors (Lipinski definition) is 3. The van der Waals surface area contributed by atoms with Crippen LogP contribution in [0.1, 0.15) is 54.7 Å². The quantitative estimate of drug-likeness (QED) is 0.520. The number of aryl methyl sites for hydroxylation is 1. The van der Waals surface area contributed by atoms with Gasteiger partial charge in [-0.15, -0.1) is 22.7 Å². The third-order valence-corrected chi connectivity index (χ3v) is 7.42. The SMILES string of the molecule is Cc1csc(-c2c(NC(=O)C3CCCCC3)sc3c2CCC(F)(F)C3)n1.O=C(O)O. The van der Waals surface area contributed by atoms with Gasteiger partial charge in [0.05, 0.1) is 0 Å². The van der Waals surface area contributed by atoms with Crippen molar-refractivity contribution in [1.29, 1.82) is 0 Å². The van der Waals surface area contributed by atoms with E-state index in [0.29, 0.717) is 16.3 Å². The monoisotopic (exact) mass is 458 g/mol. The Morgan fingerprint density at radius 2 is 1.90 bits per heavy atom. The summed E-state index contributed by atoms with van der Waals surface area (Å²) >= 11 is 2.83. The molecule has 2 aromatic rings. The van der Waals surface area contributed by atoms with Crippen LogP contribution in [-0.2, 0) is 17.6 Å². The van der Waals surface area contributed by atoms with Crippen molar-refractivity contribution in [3.8, 4) is 10.6 Å². The van der Waals surface area contributed by atoms with Crippen molar-refractivity contribution >= 4 is 39.7 Å². The van der Waals surface area contributed by atoms with Crippen molar-refractivity contribution in [3.63, 3.8) is 0 Å². The molecule has 1 fully saturated rings. The number of hydrogen-bond acceptors (Lipinski definition) is 5. The maximum atomic E-state index is 13.9. The second-order valence-corrected chi connectivity index (χ2v) is 9.60. The molecule has 0 aromatic carbocycles. The van der Waals surface area contributed by atoms with Gasteiger partial charge in [-0.3, -0.25) is 4.79 Å². The molecule has 3 N–H and O–H groups in total. The summed E-state index contributed by atoms with van der Waals surface area (Å²) in [5.74, 6) is -2.58. The molecule has 1 saturated carbocycles. The highest BCUT2D eigenvalue weighted by Crippen LogP contribution is 2.48. The van der Waals surface area contributed by atoms with Gasteiger partial charge in [-0.1, -0.05) is 19.3 Å². The Hall–Kier alpha value is -2.07. The summed E-state index contributed by atoms with van der Waals surface area (Å²) in [4.78, 5) is 26.5. The third kappa shape index (κ3) is 5.54. The third-order valence-electron chi connectivity index (χ3n) is 5.30. The van der Waals surface area contributed by atoms with E-state index < -0.39 is 12.1 Å². The summed E-state index contributed by atoms with van der Waals surface area (Å²) < 4.78 is 27.8. The lowest BCUT2D eigenvalue weighted by Gasteiger charge is -2.22. The molecule has 30 heavy (non-hydrogen) atoms. The van der Waals surface area contributed by atoms with E-state index in [2.05, 4.69) is 10.3 Å². The normalized spacial score (nSPS) is 18.1. The van der Waals surface area contributed by atoms with E-state index in [-0.39, 0.29) is 24.7 Å². The minimum absolute atomic E-state index is 0.0320. The molecule has 10 heteroatoms. The maximum absolute atomic E-state index is 13.9. The lowest BCUT2D eigenvalue weighted by atomic mass is 9.88. The summed E-state index contributed by atoms with van der Waals surface area (Å²) in [5.41, 5.74) is 2.74. The second-order valence-electron chi connectivity index (χ2n) is 7.64. The van der Waals surface area contributed by atoms with Gasteiger partial charge >= 0.3 is 6.16 Å². The summed E-state index contributed by atoms with van der Waals surface area (Å²) in [6.07, 6.45) is 3.34. The average Bonchev–Trinajstić information content (AvgIpc) is 3.23. The zero-order chi connectivity index (χ0) is 21.9. The number of nitrogens with zero attached hydrogens (tertiary/aromatic N) is 1. The first-order valence-electron chi connectivity index (χ1n) is 9.84. The van der Waals surface area contributed by atoms with Crippen molar-refractivity contribution in [2.24, 2.45) is 5.92 Å². The van der Waals surface area contributed by atoms with Gasteiger partial charge in [0.25, 0.3) is 5.92 Å². The minimum Gasteiger partial charge on any atom is -0.450 e. The lowest BCUT2D eigenvalue weighted by Crippen LogP contribution is -2.25. The van der Waals surface area contributed by atoms with E-state index in [4.69, 9.17) is 15.0 Å². The number of rotatable bonds is 3. The number of aromatic nitrogens is 1. The van der Waals surface area contributed by atoms with Crippen LogP contribution in [0.2, 0.25) is 0 Å². The van der Waals surface area contributed by atoms with Crippen LogP contribution in [0.4, 0.5) is 18.6 Å². The number of nitrogens with one attached hydrogen (secondary N) is 1. The molecule has 1 amide bonds. The smallest absolute Gasteiger partial charge is 0.450 e. The van der Waals surface area contributed by atoms with Crippen LogP contribution < -0.4 is 5.32 Å². The van der Waals surface area contributed by atoms with Crippen LogP contribution >= 0.6 is 22.7 Å². The highest BCUT2D eigenvalue weighted by atomic mass is 32.1. The Morgan fingerprint density at radius 1 is 1.23 bits per heavy atom. The van der Waals surface area contributed by atoms with Crippen LogP contribution in [0.25, 0.3) is 10.6 Å². The van der Waals surface area contributed by atoms with E-state index in [9.17, 15) is 13.6 Å².